The van der Waals surface area contributed by atoms with Crippen molar-refractivity contribution in [2.75, 3.05) is 6.61 Å². The largest absolute Gasteiger partial charge is 0.475 e. The Morgan fingerprint density at radius 1 is 1.03 bits per heavy atom. The minimum absolute atomic E-state index is 0.0841. The van der Waals surface area contributed by atoms with Gasteiger partial charge in [-0.25, -0.2) is 15.0 Å². The van der Waals surface area contributed by atoms with Crippen molar-refractivity contribution in [3.63, 3.8) is 0 Å². The minimum atomic E-state index is -1.54. The Morgan fingerprint density at radius 3 is 2.10 bits per heavy atom. The molecular formula is C22H24N2O5. The second-order valence-corrected chi connectivity index (χ2v) is 7.13. The topological polar surface area (TPSA) is 105 Å². The maximum absolute atomic E-state index is 12.2. The van der Waals surface area contributed by atoms with Gasteiger partial charge in [-0.3, -0.25) is 10.2 Å². The zero-order valence-corrected chi connectivity index (χ0v) is 16.3. The first-order valence-electron chi connectivity index (χ1n) is 9.57. The zero-order chi connectivity index (χ0) is 21.0. The fourth-order valence-electron chi connectivity index (χ4n) is 3.61. The summed E-state index contributed by atoms with van der Waals surface area (Å²) < 4.78 is 5.37. The molecule has 0 fully saturated rings. The lowest BCUT2D eigenvalue weighted by Gasteiger charge is -2.22. The summed E-state index contributed by atoms with van der Waals surface area (Å²) in [6.45, 7) is 3.70. The van der Waals surface area contributed by atoms with Crippen molar-refractivity contribution in [3.8, 4) is 11.1 Å². The van der Waals surface area contributed by atoms with E-state index in [9.17, 15) is 14.4 Å². The van der Waals surface area contributed by atoms with Crippen LogP contribution >= 0.6 is 0 Å². The molecular weight excluding hydrogens is 372 g/mol. The lowest BCUT2D eigenvalue weighted by atomic mass is 9.96. The molecule has 1 aliphatic carbocycles. The van der Waals surface area contributed by atoms with Gasteiger partial charge < -0.3 is 9.84 Å². The number of carboxylic acid groups (broad SMARTS) is 1. The van der Waals surface area contributed by atoms with Gasteiger partial charge in [-0.1, -0.05) is 68.8 Å². The SMILES string of the molecule is CC[C@H](C)[C@H](NNC(=O)OCC1c2ccccc2-c2ccccc21)C(=O)C(=O)O. The Hall–Kier alpha value is -3.19. The number of Topliss-reactive ketones (excluding diaryl/α,β-unsaturated/α-hetero) is 1. The van der Waals surface area contributed by atoms with E-state index in [0.29, 0.717) is 6.42 Å². The average Bonchev–Trinajstić information content (AvgIpc) is 3.05. The molecule has 0 bridgehead atoms. The molecule has 1 aliphatic rings. The maximum Gasteiger partial charge on any atom is 0.421 e. The van der Waals surface area contributed by atoms with Gasteiger partial charge in [0.25, 0.3) is 5.78 Å². The Kier molecular flexibility index (Phi) is 6.29. The van der Waals surface area contributed by atoms with E-state index >= 15 is 0 Å². The number of carbonyl (C=O) groups excluding carboxylic acids is 2. The number of carboxylic acids is 1. The predicted molar refractivity (Wildman–Crippen MR) is 107 cm³/mol. The van der Waals surface area contributed by atoms with Crippen LogP contribution in [0.25, 0.3) is 11.1 Å². The average molecular weight is 396 g/mol. The molecule has 2 aromatic carbocycles. The monoisotopic (exact) mass is 396 g/mol. The molecule has 7 heteroatoms. The molecule has 0 aromatic heterocycles. The molecule has 0 radical (unpaired) electrons. The Morgan fingerprint density at radius 2 is 1.59 bits per heavy atom. The fourth-order valence-corrected chi connectivity index (χ4v) is 3.61. The van der Waals surface area contributed by atoms with Gasteiger partial charge in [0.1, 0.15) is 6.61 Å². The second-order valence-electron chi connectivity index (χ2n) is 7.13. The van der Waals surface area contributed by atoms with Crippen LogP contribution in [0.15, 0.2) is 48.5 Å². The lowest BCUT2D eigenvalue weighted by Crippen LogP contribution is -2.53. The second kappa shape index (κ2) is 8.87. The summed E-state index contributed by atoms with van der Waals surface area (Å²) >= 11 is 0. The predicted octanol–water partition coefficient (Wildman–Crippen LogP) is 3.10. The first-order chi connectivity index (χ1) is 13.9. The molecule has 2 atom stereocenters. The molecule has 3 N–H and O–H groups in total. The highest BCUT2D eigenvalue weighted by molar-refractivity contribution is 6.34. The molecule has 29 heavy (non-hydrogen) atoms. The van der Waals surface area contributed by atoms with E-state index in [-0.39, 0.29) is 18.4 Å². The Balaban J connectivity index is 1.64. The van der Waals surface area contributed by atoms with Crippen LogP contribution < -0.4 is 10.9 Å². The van der Waals surface area contributed by atoms with Crippen LogP contribution in [0, 0.1) is 5.92 Å². The van der Waals surface area contributed by atoms with Gasteiger partial charge in [-0.2, -0.15) is 0 Å². The summed E-state index contributed by atoms with van der Waals surface area (Å²) in [5, 5.41) is 8.96. The standard InChI is InChI=1S/C22H24N2O5/c1-3-13(2)19(20(25)21(26)27)23-24-22(28)29-12-18-16-10-6-4-8-14(16)15-9-5-7-11-17(15)18/h4-11,13,18-19,23H,3,12H2,1-2H3,(H,24,28)(H,26,27)/t13-,19-/m0/s1. The number of benzene rings is 2. The van der Waals surface area contributed by atoms with Gasteiger partial charge >= 0.3 is 12.1 Å². The van der Waals surface area contributed by atoms with Crippen molar-refractivity contribution in [1.82, 2.24) is 10.9 Å². The van der Waals surface area contributed by atoms with Gasteiger partial charge in [0, 0.05) is 5.92 Å². The molecule has 0 heterocycles. The van der Waals surface area contributed by atoms with Crippen molar-refractivity contribution in [2.45, 2.75) is 32.2 Å². The fraction of sp³-hybridized carbons (Fsp3) is 0.318. The summed E-state index contributed by atoms with van der Waals surface area (Å²) in [7, 11) is 0. The molecule has 2 aromatic rings. The zero-order valence-electron chi connectivity index (χ0n) is 16.3. The summed E-state index contributed by atoms with van der Waals surface area (Å²) in [6, 6.07) is 15.0. The van der Waals surface area contributed by atoms with Crippen molar-refractivity contribution >= 4 is 17.8 Å². The van der Waals surface area contributed by atoms with Crippen LogP contribution in [0.5, 0.6) is 0 Å². The summed E-state index contributed by atoms with van der Waals surface area (Å²) in [5.41, 5.74) is 9.25. The van der Waals surface area contributed by atoms with E-state index in [0.717, 1.165) is 22.3 Å². The minimum Gasteiger partial charge on any atom is -0.475 e. The number of aliphatic carboxylic acids is 1. The third kappa shape index (κ3) is 4.30. The van der Waals surface area contributed by atoms with E-state index in [1.165, 1.54) is 0 Å². The van der Waals surface area contributed by atoms with E-state index in [4.69, 9.17) is 9.84 Å². The van der Waals surface area contributed by atoms with E-state index < -0.39 is 23.9 Å². The van der Waals surface area contributed by atoms with Crippen LogP contribution in [0.3, 0.4) is 0 Å². The van der Waals surface area contributed by atoms with Crippen LogP contribution in [-0.4, -0.2) is 35.6 Å². The van der Waals surface area contributed by atoms with Crippen molar-refractivity contribution in [3.05, 3.63) is 59.7 Å². The third-order valence-corrected chi connectivity index (χ3v) is 5.38. The number of nitrogens with one attached hydrogen (secondary N) is 2. The maximum atomic E-state index is 12.2. The van der Waals surface area contributed by atoms with Gasteiger partial charge in [0.2, 0.25) is 0 Å². The molecule has 0 saturated carbocycles. The van der Waals surface area contributed by atoms with Gasteiger partial charge in [0.15, 0.2) is 0 Å². The normalized spacial score (nSPS) is 14.4. The molecule has 3 rings (SSSR count). The number of fused-ring (bicyclic) bond motifs is 3. The van der Waals surface area contributed by atoms with Gasteiger partial charge in [-0.05, 0) is 28.2 Å². The number of ether oxygens (including phenoxy) is 1. The molecule has 0 unspecified atom stereocenters. The number of hydrazine groups is 1. The van der Waals surface area contributed by atoms with Gasteiger partial charge in [0.05, 0.1) is 6.04 Å². The molecule has 7 nitrogen and oxygen atoms in total. The Labute approximate surface area is 169 Å². The summed E-state index contributed by atoms with van der Waals surface area (Å²) in [4.78, 5) is 35.0. The lowest BCUT2D eigenvalue weighted by molar-refractivity contribution is -0.150. The molecule has 152 valence electrons. The van der Waals surface area contributed by atoms with Crippen LogP contribution in [0.2, 0.25) is 0 Å². The number of amides is 1. The highest BCUT2D eigenvalue weighted by Gasteiger charge is 2.31. The van der Waals surface area contributed by atoms with Crippen LogP contribution in [0.4, 0.5) is 4.79 Å². The summed E-state index contributed by atoms with van der Waals surface area (Å²) in [5.74, 6) is -2.90. The highest BCUT2D eigenvalue weighted by atomic mass is 16.6. The van der Waals surface area contributed by atoms with Crippen molar-refractivity contribution in [1.29, 1.82) is 0 Å². The highest BCUT2D eigenvalue weighted by Crippen LogP contribution is 2.44. The van der Waals surface area contributed by atoms with Crippen LogP contribution in [-0.2, 0) is 14.3 Å². The number of ketones is 1. The number of hydrogen-bond donors (Lipinski definition) is 3. The van der Waals surface area contributed by atoms with Gasteiger partial charge in [-0.15, -0.1) is 0 Å². The van der Waals surface area contributed by atoms with Crippen molar-refractivity contribution < 1.29 is 24.2 Å². The van der Waals surface area contributed by atoms with Crippen LogP contribution in [0.1, 0.15) is 37.3 Å². The smallest absolute Gasteiger partial charge is 0.421 e. The molecule has 0 spiro atoms. The van der Waals surface area contributed by atoms with E-state index in [1.54, 1.807) is 6.92 Å². The molecule has 1 amide bonds. The molecule has 0 saturated heterocycles. The first-order valence-corrected chi connectivity index (χ1v) is 9.57. The number of rotatable bonds is 8. The summed E-state index contributed by atoms with van der Waals surface area (Å²) in [6.07, 6.45) is -0.193. The number of hydrogen-bond acceptors (Lipinski definition) is 5. The van der Waals surface area contributed by atoms with Crippen molar-refractivity contribution in [2.24, 2.45) is 5.92 Å². The number of carbonyl (C=O) groups is 3. The first kappa shape index (κ1) is 20.5. The van der Waals surface area contributed by atoms with E-state index in [1.807, 2.05) is 55.5 Å². The van der Waals surface area contributed by atoms with E-state index in [2.05, 4.69) is 10.9 Å². The molecule has 0 aliphatic heterocycles. The Bertz CT molecular complexity index is 881. The quantitative estimate of drug-likeness (QED) is 0.468. The third-order valence-electron chi connectivity index (χ3n) is 5.38.